The Morgan fingerprint density at radius 2 is 1.94 bits per heavy atom. The highest BCUT2D eigenvalue weighted by Crippen LogP contribution is 2.23. The van der Waals surface area contributed by atoms with E-state index in [0.29, 0.717) is 24.4 Å². The van der Waals surface area contributed by atoms with Crippen molar-refractivity contribution in [2.45, 2.75) is 51.6 Å². The number of rotatable bonds is 3. The molecule has 1 saturated heterocycles. The number of carbonyl (C=O) groups excluding carboxylic acids is 1. The van der Waals surface area contributed by atoms with E-state index in [-0.39, 0.29) is 11.9 Å². The van der Waals surface area contributed by atoms with Crippen LogP contribution in [0.15, 0.2) is 0 Å². The average Bonchev–Trinajstić information content (AvgIpc) is 2.61. The Kier molecular flexibility index (Phi) is 4.62. The molecular weight excluding hydrogens is 226 g/mol. The second kappa shape index (κ2) is 6.02. The van der Waals surface area contributed by atoms with Crippen LogP contribution in [0.5, 0.6) is 0 Å². The molecule has 4 unspecified atom stereocenters. The molecule has 0 aromatic heterocycles. The Labute approximate surface area is 110 Å². The molecule has 104 valence electrons. The van der Waals surface area contributed by atoms with Crippen LogP contribution in [-0.4, -0.2) is 42.5 Å². The number of nitrogens with zero attached hydrogens (tertiary/aromatic N) is 1. The standard InChI is InChI=1S/C14H27N3O/c1-10-5-3-4-6-13(10)16-14(18)9-17-7-11(2)12(15)8-17/h10-13H,3-9,15H2,1-2H3,(H,16,18). The second-order valence-corrected chi connectivity index (χ2v) is 6.27. The van der Waals surface area contributed by atoms with Crippen molar-refractivity contribution in [1.29, 1.82) is 0 Å². The third-order valence-electron chi connectivity index (χ3n) is 4.57. The predicted octanol–water partition coefficient (Wildman–Crippen LogP) is 0.960. The Hall–Kier alpha value is -0.610. The molecule has 4 nitrogen and oxygen atoms in total. The lowest BCUT2D eigenvalue weighted by Crippen LogP contribution is -2.45. The van der Waals surface area contributed by atoms with Crippen LogP contribution in [0.2, 0.25) is 0 Å². The van der Waals surface area contributed by atoms with Crippen LogP contribution in [0.1, 0.15) is 39.5 Å². The van der Waals surface area contributed by atoms with Gasteiger partial charge in [0, 0.05) is 25.2 Å². The minimum atomic E-state index is 0.176. The summed E-state index contributed by atoms with van der Waals surface area (Å²) < 4.78 is 0. The topological polar surface area (TPSA) is 58.4 Å². The molecular formula is C14H27N3O. The number of amides is 1. The molecule has 0 aromatic rings. The van der Waals surface area contributed by atoms with Crippen LogP contribution >= 0.6 is 0 Å². The predicted molar refractivity (Wildman–Crippen MR) is 73.1 cm³/mol. The fraction of sp³-hybridized carbons (Fsp3) is 0.929. The summed E-state index contributed by atoms with van der Waals surface area (Å²) >= 11 is 0. The average molecular weight is 253 g/mol. The summed E-state index contributed by atoms with van der Waals surface area (Å²) in [6, 6.07) is 0.617. The zero-order chi connectivity index (χ0) is 13.1. The van der Waals surface area contributed by atoms with E-state index in [2.05, 4.69) is 24.1 Å². The summed E-state index contributed by atoms with van der Waals surface area (Å²) in [5.41, 5.74) is 5.98. The van der Waals surface area contributed by atoms with Gasteiger partial charge in [-0.1, -0.05) is 26.7 Å². The van der Waals surface area contributed by atoms with E-state index in [4.69, 9.17) is 5.73 Å². The summed E-state index contributed by atoms with van der Waals surface area (Å²) in [7, 11) is 0. The van der Waals surface area contributed by atoms with Gasteiger partial charge in [0.25, 0.3) is 0 Å². The highest BCUT2D eigenvalue weighted by atomic mass is 16.2. The molecule has 0 aromatic carbocycles. The molecule has 1 amide bonds. The van der Waals surface area contributed by atoms with Crippen molar-refractivity contribution in [3.8, 4) is 0 Å². The van der Waals surface area contributed by atoms with Gasteiger partial charge < -0.3 is 11.1 Å². The molecule has 1 aliphatic heterocycles. The van der Waals surface area contributed by atoms with Gasteiger partial charge in [-0.25, -0.2) is 0 Å². The summed E-state index contributed by atoms with van der Waals surface area (Å²) in [6.07, 6.45) is 4.95. The normalized spacial score (nSPS) is 37.7. The number of hydrogen-bond donors (Lipinski definition) is 2. The summed E-state index contributed by atoms with van der Waals surface area (Å²) in [6.45, 7) is 6.73. The molecule has 2 aliphatic rings. The molecule has 1 aliphatic carbocycles. The molecule has 0 radical (unpaired) electrons. The zero-order valence-corrected chi connectivity index (χ0v) is 11.7. The zero-order valence-electron chi connectivity index (χ0n) is 11.7. The maximum Gasteiger partial charge on any atom is 0.234 e. The lowest BCUT2D eigenvalue weighted by molar-refractivity contribution is -0.123. The van der Waals surface area contributed by atoms with Crippen LogP contribution in [-0.2, 0) is 4.79 Å². The fourth-order valence-electron chi connectivity index (χ4n) is 3.21. The lowest BCUT2D eigenvalue weighted by atomic mass is 9.86. The first-order valence-corrected chi connectivity index (χ1v) is 7.33. The molecule has 0 bridgehead atoms. The summed E-state index contributed by atoms with van der Waals surface area (Å²) in [5, 5.41) is 3.20. The molecule has 4 atom stereocenters. The lowest BCUT2D eigenvalue weighted by Gasteiger charge is -2.30. The Morgan fingerprint density at radius 1 is 1.22 bits per heavy atom. The fourth-order valence-corrected chi connectivity index (χ4v) is 3.21. The van der Waals surface area contributed by atoms with E-state index in [1.807, 2.05) is 0 Å². The van der Waals surface area contributed by atoms with Gasteiger partial charge in [-0.05, 0) is 24.7 Å². The number of likely N-dealkylation sites (tertiary alicyclic amines) is 1. The third-order valence-corrected chi connectivity index (χ3v) is 4.57. The third kappa shape index (κ3) is 3.45. The maximum absolute atomic E-state index is 12.0. The first-order chi connectivity index (χ1) is 8.56. The van der Waals surface area contributed by atoms with Gasteiger partial charge in [0.1, 0.15) is 0 Å². The largest absolute Gasteiger partial charge is 0.352 e. The highest BCUT2D eigenvalue weighted by Gasteiger charge is 2.29. The molecule has 2 rings (SSSR count). The molecule has 1 heterocycles. The van der Waals surface area contributed by atoms with E-state index in [9.17, 15) is 4.79 Å². The van der Waals surface area contributed by atoms with Crippen molar-refractivity contribution < 1.29 is 4.79 Å². The Morgan fingerprint density at radius 3 is 2.56 bits per heavy atom. The second-order valence-electron chi connectivity index (χ2n) is 6.27. The van der Waals surface area contributed by atoms with Crippen LogP contribution in [0.3, 0.4) is 0 Å². The van der Waals surface area contributed by atoms with Crippen LogP contribution in [0.25, 0.3) is 0 Å². The monoisotopic (exact) mass is 253 g/mol. The number of carbonyl (C=O) groups is 1. The molecule has 0 spiro atoms. The smallest absolute Gasteiger partial charge is 0.234 e. The minimum Gasteiger partial charge on any atom is -0.352 e. The van der Waals surface area contributed by atoms with E-state index in [1.165, 1.54) is 19.3 Å². The number of nitrogens with one attached hydrogen (secondary N) is 1. The van der Waals surface area contributed by atoms with Gasteiger partial charge in [-0.2, -0.15) is 0 Å². The Bertz CT molecular complexity index is 285. The number of nitrogens with two attached hydrogens (primary N) is 1. The van der Waals surface area contributed by atoms with E-state index < -0.39 is 0 Å². The van der Waals surface area contributed by atoms with Gasteiger partial charge in [0.05, 0.1) is 6.54 Å². The molecule has 3 N–H and O–H groups in total. The molecule has 18 heavy (non-hydrogen) atoms. The van der Waals surface area contributed by atoms with Gasteiger partial charge in [-0.15, -0.1) is 0 Å². The first kappa shape index (κ1) is 13.8. The first-order valence-electron chi connectivity index (χ1n) is 7.33. The molecule has 1 saturated carbocycles. The van der Waals surface area contributed by atoms with E-state index in [0.717, 1.165) is 19.5 Å². The molecule has 2 fully saturated rings. The van der Waals surface area contributed by atoms with Crippen LogP contribution in [0, 0.1) is 11.8 Å². The molecule has 4 heteroatoms. The van der Waals surface area contributed by atoms with Crippen LogP contribution in [0.4, 0.5) is 0 Å². The summed E-state index contributed by atoms with van der Waals surface area (Å²) in [5.74, 6) is 1.31. The summed E-state index contributed by atoms with van der Waals surface area (Å²) in [4.78, 5) is 14.2. The quantitative estimate of drug-likeness (QED) is 0.787. The van der Waals surface area contributed by atoms with E-state index >= 15 is 0 Å². The maximum atomic E-state index is 12.0. The number of hydrogen-bond acceptors (Lipinski definition) is 3. The van der Waals surface area contributed by atoms with E-state index in [1.54, 1.807) is 0 Å². The van der Waals surface area contributed by atoms with Crippen molar-refractivity contribution in [2.24, 2.45) is 17.6 Å². The van der Waals surface area contributed by atoms with Crippen LogP contribution < -0.4 is 11.1 Å². The van der Waals surface area contributed by atoms with Crippen molar-refractivity contribution in [3.05, 3.63) is 0 Å². The van der Waals surface area contributed by atoms with Crippen molar-refractivity contribution in [3.63, 3.8) is 0 Å². The van der Waals surface area contributed by atoms with Gasteiger partial charge in [0.15, 0.2) is 0 Å². The van der Waals surface area contributed by atoms with Gasteiger partial charge >= 0.3 is 0 Å². The highest BCUT2D eigenvalue weighted by molar-refractivity contribution is 5.78. The SMILES string of the molecule is CC1CN(CC(=O)NC2CCCCC2C)CC1N. The minimum absolute atomic E-state index is 0.176. The van der Waals surface area contributed by atoms with Crippen molar-refractivity contribution in [1.82, 2.24) is 10.2 Å². The van der Waals surface area contributed by atoms with Gasteiger partial charge in [0.2, 0.25) is 5.91 Å². The Balaban J connectivity index is 1.75. The van der Waals surface area contributed by atoms with Crippen molar-refractivity contribution >= 4 is 5.91 Å². The van der Waals surface area contributed by atoms with Gasteiger partial charge in [-0.3, -0.25) is 9.69 Å². The van der Waals surface area contributed by atoms with Crippen molar-refractivity contribution in [2.75, 3.05) is 19.6 Å².